The van der Waals surface area contributed by atoms with E-state index in [1.165, 1.54) is 11.1 Å². The molecule has 0 spiro atoms. The Balaban J connectivity index is 1.29. The van der Waals surface area contributed by atoms with Crippen LogP contribution < -0.4 is 0 Å². The van der Waals surface area contributed by atoms with Gasteiger partial charge in [-0.15, -0.1) is 0 Å². The first-order valence-electron chi connectivity index (χ1n) is 10.4. The van der Waals surface area contributed by atoms with Crippen LogP contribution in [0.4, 0.5) is 0 Å². The summed E-state index contributed by atoms with van der Waals surface area (Å²) in [5.41, 5.74) is 3.12. The summed E-state index contributed by atoms with van der Waals surface area (Å²) in [5, 5.41) is 1.21. The minimum absolute atomic E-state index is 0.114. The van der Waals surface area contributed by atoms with Gasteiger partial charge >= 0.3 is 0 Å². The van der Waals surface area contributed by atoms with E-state index < -0.39 is 0 Å². The second-order valence-electron chi connectivity index (χ2n) is 8.14. The Hall–Kier alpha value is -1.85. The highest BCUT2D eigenvalue weighted by molar-refractivity contribution is 6.42. The number of amides is 1. The Labute approximate surface area is 188 Å². The maximum Gasteiger partial charge on any atom is 0.254 e. The lowest BCUT2D eigenvalue weighted by Gasteiger charge is -2.37. The van der Waals surface area contributed by atoms with Gasteiger partial charge in [-0.1, -0.05) is 59.1 Å². The largest absolute Gasteiger partial charge is 0.327 e. The average Bonchev–Trinajstić information content (AvgIpc) is 3.20. The predicted octanol–water partition coefficient (Wildman–Crippen LogP) is 4.50. The molecule has 0 aliphatic carbocycles. The van der Waals surface area contributed by atoms with Gasteiger partial charge in [-0.3, -0.25) is 14.6 Å². The molecule has 1 atom stereocenters. The Morgan fingerprint density at radius 1 is 0.967 bits per heavy atom. The molecular formula is C24H27Cl2N3O. The molecule has 2 aliphatic heterocycles. The Kier molecular flexibility index (Phi) is 6.79. The molecule has 2 aliphatic rings. The predicted molar refractivity (Wildman–Crippen MR) is 123 cm³/mol. The van der Waals surface area contributed by atoms with Gasteiger partial charge in [0, 0.05) is 51.4 Å². The van der Waals surface area contributed by atoms with Crippen molar-refractivity contribution >= 4 is 29.1 Å². The molecule has 2 aromatic carbocycles. The van der Waals surface area contributed by atoms with Crippen LogP contribution in [0.2, 0.25) is 10.0 Å². The van der Waals surface area contributed by atoms with Gasteiger partial charge in [0.2, 0.25) is 0 Å². The summed E-state index contributed by atoms with van der Waals surface area (Å²) in [6.45, 7) is 8.49. The van der Waals surface area contributed by atoms with Crippen LogP contribution in [0.25, 0.3) is 0 Å². The number of piperazine rings is 1. The van der Waals surface area contributed by atoms with E-state index in [1.807, 2.05) is 54.3 Å². The second kappa shape index (κ2) is 9.52. The van der Waals surface area contributed by atoms with Gasteiger partial charge in [0.1, 0.15) is 0 Å². The highest BCUT2D eigenvalue weighted by Gasteiger charge is 2.28. The molecule has 0 bridgehead atoms. The van der Waals surface area contributed by atoms with E-state index in [1.54, 1.807) is 0 Å². The molecule has 4 rings (SSSR count). The van der Waals surface area contributed by atoms with Gasteiger partial charge in [-0.2, -0.15) is 0 Å². The summed E-state index contributed by atoms with van der Waals surface area (Å²) in [7, 11) is 0. The van der Waals surface area contributed by atoms with Crippen molar-refractivity contribution in [3.63, 3.8) is 0 Å². The summed E-state index contributed by atoms with van der Waals surface area (Å²) >= 11 is 12.2. The van der Waals surface area contributed by atoms with Crippen molar-refractivity contribution < 1.29 is 4.79 Å². The molecule has 0 saturated carbocycles. The third kappa shape index (κ3) is 5.06. The molecule has 6 heteroatoms. The third-order valence-corrected chi connectivity index (χ3v) is 6.66. The third-order valence-electron chi connectivity index (χ3n) is 5.92. The van der Waals surface area contributed by atoms with Crippen LogP contribution in [0.15, 0.2) is 54.6 Å². The van der Waals surface area contributed by atoms with Gasteiger partial charge in [0.25, 0.3) is 5.91 Å². The zero-order valence-electron chi connectivity index (χ0n) is 17.2. The SMILES string of the molecule is Cc1ccc(C(=O)N2CC=CC2CN2CCN(Cc3ccc(Cl)c(Cl)c3)CC2)cc1. The first kappa shape index (κ1) is 21.4. The van der Waals surface area contributed by atoms with E-state index in [9.17, 15) is 4.79 Å². The van der Waals surface area contributed by atoms with Gasteiger partial charge < -0.3 is 4.90 Å². The van der Waals surface area contributed by atoms with E-state index in [0.717, 1.165) is 44.8 Å². The van der Waals surface area contributed by atoms with Crippen molar-refractivity contribution in [1.82, 2.24) is 14.7 Å². The fourth-order valence-electron chi connectivity index (χ4n) is 4.12. The lowest BCUT2D eigenvalue weighted by molar-refractivity contribution is 0.0674. The summed E-state index contributed by atoms with van der Waals surface area (Å²) < 4.78 is 0. The molecule has 1 unspecified atom stereocenters. The summed E-state index contributed by atoms with van der Waals surface area (Å²) in [4.78, 5) is 19.8. The number of hydrogen-bond donors (Lipinski definition) is 0. The van der Waals surface area contributed by atoms with Crippen molar-refractivity contribution in [2.45, 2.75) is 19.5 Å². The molecule has 0 radical (unpaired) electrons. The highest BCUT2D eigenvalue weighted by atomic mass is 35.5. The molecule has 2 heterocycles. The number of carbonyl (C=O) groups is 1. The van der Waals surface area contributed by atoms with Crippen LogP contribution in [0, 0.1) is 6.92 Å². The molecule has 2 aromatic rings. The first-order chi connectivity index (χ1) is 14.5. The zero-order chi connectivity index (χ0) is 21.1. The average molecular weight is 444 g/mol. The number of nitrogens with zero attached hydrogens (tertiary/aromatic N) is 3. The molecule has 4 nitrogen and oxygen atoms in total. The number of benzene rings is 2. The van der Waals surface area contributed by atoms with Crippen molar-refractivity contribution in [3.05, 3.63) is 81.4 Å². The number of hydrogen-bond acceptors (Lipinski definition) is 3. The van der Waals surface area contributed by atoms with Crippen LogP contribution in [0.3, 0.4) is 0 Å². The number of aryl methyl sites for hydroxylation is 1. The van der Waals surface area contributed by atoms with Crippen molar-refractivity contribution in [2.24, 2.45) is 0 Å². The number of halogens is 2. The Bertz CT molecular complexity index is 921. The Morgan fingerprint density at radius 3 is 2.37 bits per heavy atom. The summed E-state index contributed by atoms with van der Waals surface area (Å²) in [6.07, 6.45) is 4.28. The molecule has 1 amide bonds. The second-order valence-corrected chi connectivity index (χ2v) is 8.96. The molecule has 1 fully saturated rings. The first-order valence-corrected chi connectivity index (χ1v) is 11.2. The van der Waals surface area contributed by atoms with E-state index in [0.29, 0.717) is 16.6 Å². The summed E-state index contributed by atoms with van der Waals surface area (Å²) in [5.74, 6) is 0.114. The normalized spacial score (nSPS) is 20.1. The topological polar surface area (TPSA) is 26.8 Å². The van der Waals surface area contributed by atoms with Crippen LogP contribution in [-0.2, 0) is 6.54 Å². The fraction of sp³-hybridized carbons (Fsp3) is 0.375. The number of carbonyl (C=O) groups excluding carboxylic acids is 1. The minimum Gasteiger partial charge on any atom is -0.327 e. The maximum absolute atomic E-state index is 13.0. The van der Waals surface area contributed by atoms with Crippen molar-refractivity contribution in [3.8, 4) is 0 Å². The Morgan fingerprint density at radius 2 is 1.67 bits per heavy atom. The monoisotopic (exact) mass is 443 g/mol. The van der Waals surface area contributed by atoms with Gasteiger partial charge in [0.05, 0.1) is 16.1 Å². The van der Waals surface area contributed by atoms with Gasteiger partial charge in [-0.05, 0) is 36.8 Å². The summed E-state index contributed by atoms with van der Waals surface area (Å²) in [6, 6.07) is 13.8. The van der Waals surface area contributed by atoms with Crippen molar-refractivity contribution in [2.75, 3.05) is 39.3 Å². The molecule has 0 aromatic heterocycles. The van der Waals surface area contributed by atoms with Crippen LogP contribution in [0.5, 0.6) is 0 Å². The standard InChI is InChI=1S/C24H27Cl2N3O/c1-18-4-7-20(8-5-18)24(30)29-10-2-3-21(29)17-28-13-11-27(12-14-28)16-19-6-9-22(25)23(26)15-19/h2-9,15,21H,10-14,16-17H2,1H3. The van der Waals surface area contributed by atoms with Crippen LogP contribution >= 0.6 is 23.2 Å². The maximum atomic E-state index is 13.0. The van der Waals surface area contributed by atoms with Gasteiger partial charge in [-0.25, -0.2) is 0 Å². The van der Waals surface area contributed by atoms with E-state index in [-0.39, 0.29) is 11.9 Å². The minimum atomic E-state index is 0.114. The molecule has 1 saturated heterocycles. The fourth-order valence-corrected chi connectivity index (χ4v) is 4.44. The lowest BCUT2D eigenvalue weighted by atomic mass is 10.1. The molecule has 158 valence electrons. The molecular weight excluding hydrogens is 417 g/mol. The molecule has 30 heavy (non-hydrogen) atoms. The van der Waals surface area contributed by atoms with Crippen LogP contribution in [0.1, 0.15) is 21.5 Å². The smallest absolute Gasteiger partial charge is 0.254 e. The number of rotatable bonds is 5. The lowest BCUT2D eigenvalue weighted by Crippen LogP contribution is -2.50. The quantitative estimate of drug-likeness (QED) is 0.636. The molecule has 0 N–H and O–H groups in total. The zero-order valence-corrected chi connectivity index (χ0v) is 18.7. The van der Waals surface area contributed by atoms with E-state index in [2.05, 4.69) is 22.0 Å². The van der Waals surface area contributed by atoms with E-state index >= 15 is 0 Å². The van der Waals surface area contributed by atoms with Gasteiger partial charge in [0.15, 0.2) is 0 Å². The van der Waals surface area contributed by atoms with Crippen molar-refractivity contribution in [1.29, 1.82) is 0 Å². The van der Waals surface area contributed by atoms with E-state index in [4.69, 9.17) is 23.2 Å². The highest BCUT2D eigenvalue weighted by Crippen LogP contribution is 2.24. The van der Waals surface area contributed by atoms with Crippen LogP contribution in [-0.4, -0.2) is 65.9 Å².